The number of carbonyl (C=O) groups excluding carboxylic acids is 1. The minimum absolute atomic E-state index is 0.0100. The predicted octanol–water partition coefficient (Wildman–Crippen LogP) is 3.61. The van der Waals surface area contributed by atoms with Crippen LogP contribution >= 0.6 is 23.1 Å². The molecule has 4 aromatic rings. The van der Waals surface area contributed by atoms with E-state index >= 15 is 0 Å². The van der Waals surface area contributed by atoms with Crippen LogP contribution in [0.3, 0.4) is 0 Å². The maximum Gasteiger partial charge on any atom is 0.269 e. The lowest BCUT2D eigenvalue weighted by Crippen LogP contribution is -2.27. The minimum atomic E-state index is -0.469. The van der Waals surface area contributed by atoms with Gasteiger partial charge in [-0.25, -0.2) is 0 Å². The number of aromatic nitrogens is 3. The predicted molar refractivity (Wildman–Crippen MR) is 106 cm³/mol. The number of thiazole rings is 1. The molecule has 0 spiro atoms. The van der Waals surface area contributed by atoms with E-state index in [1.165, 1.54) is 28.8 Å². The normalized spacial score (nSPS) is 11.1. The maximum absolute atomic E-state index is 12.5. The first-order valence-corrected chi connectivity index (χ1v) is 9.71. The van der Waals surface area contributed by atoms with Crippen molar-refractivity contribution in [3.8, 4) is 0 Å². The molecule has 0 bridgehead atoms. The summed E-state index contributed by atoms with van der Waals surface area (Å²) in [5, 5.41) is 19.8. The molecule has 1 amide bonds. The summed E-state index contributed by atoms with van der Waals surface area (Å²) in [6, 6.07) is 13.8. The molecule has 0 atom stereocenters. The van der Waals surface area contributed by atoms with Gasteiger partial charge in [-0.2, -0.15) is 0 Å². The highest BCUT2D eigenvalue weighted by Crippen LogP contribution is 2.29. The van der Waals surface area contributed by atoms with Gasteiger partial charge < -0.3 is 4.90 Å². The molecule has 0 aliphatic carbocycles. The zero-order chi connectivity index (χ0) is 19.0. The van der Waals surface area contributed by atoms with Crippen molar-refractivity contribution in [1.29, 1.82) is 0 Å². The molecular formula is C17H13N5O3S2. The number of amides is 1. The van der Waals surface area contributed by atoms with E-state index in [1.54, 1.807) is 30.5 Å². The van der Waals surface area contributed by atoms with Crippen molar-refractivity contribution in [3.63, 3.8) is 0 Å². The van der Waals surface area contributed by atoms with E-state index in [9.17, 15) is 14.9 Å². The second-order valence-electron chi connectivity index (χ2n) is 5.69. The van der Waals surface area contributed by atoms with Gasteiger partial charge in [-0.05, 0) is 24.3 Å². The summed E-state index contributed by atoms with van der Waals surface area (Å²) in [6.07, 6.45) is 0. The number of nitro benzene ring substituents is 1. The van der Waals surface area contributed by atoms with Crippen LogP contribution < -0.4 is 4.90 Å². The van der Waals surface area contributed by atoms with Crippen molar-refractivity contribution in [2.24, 2.45) is 0 Å². The fourth-order valence-electron chi connectivity index (χ4n) is 2.61. The Kier molecular flexibility index (Phi) is 4.50. The Morgan fingerprint density at radius 1 is 1.22 bits per heavy atom. The van der Waals surface area contributed by atoms with Crippen LogP contribution in [0.25, 0.3) is 15.2 Å². The van der Waals surface area contributed by atoms with Crippen LogP contribution in [0.5, 0.6) is 0 Å². The van der Waals surface area contributed by atoms with Crippen LogP contribution in [0.2, 0.25) is 0 Å². The van der Waals surface area contributed by atoms with Crippen LogP contribution in [0.4, 0.5) is 11.4 Å². The highest BCUT2D eigenvalue weighted by atomic mass is 32.2. The summed E-state index contributed by atoms with van der Waals surface area (Å²) < 4.78 is 3.06. The number of hydrogen-bond acceptors (Lipinski definition) is 7. The van der Waals surface area contributed by atoms with Crippen LogP contribution in [0.15, 0.2) is 53.7 Å². The zero-order valence-corrected chi connectivity index (χ0v) is 15.7. The van der Waals surface area contributed by atoms with Gasteiger partial charge in [0.05, 0.1) is 20.9 Å². The number of carbonyl (C=O) groups is 1. The van der Waals surface area contributed by atoms with Gasteiger partial charge in [-0.15, -0.1) is 10.2 Å². The van der Waals surface area contributed by atoms with E-state index in [4.69, 9.17) is 0 Å². The number of hydrogen-bond donors (Lipinski definition) is 0. The molecular weight excluding hydrogens is 386 g/mol. The minimum Gasteiger partial charge on any atom is -0.315 e. The van der Waals surface area contributed by atoms with Crippen LogP contribution in [0.1, 0.15) is 0 Å². The molecule has 2 aromatic heterocycles. The van der Waals surface area contributed by atoms with Crippen molar-refractivity contribution in [2.45, 2.75) is 5.16 Å². The molecule has 0 aliphatic heterocycles. The summed E-state index contributed by atoms with van der Waals surface area (Å²) in [7, 11) is 1.64. The second kappa shape index (κ2) is 6.97. The third-order valence-electron chi connectivity index (χ3n) is 4.06. The molecule has 4 rings (SSSR count). The van der Waals surface area contributed by atoms with Gasteiger partial charge >= 0.3 is 0 Å². The van der Waals surface area contributed by atoms with Crippen molar-refractivity contribution < 1.29 is 9.72 Å². The van der Waals surface area contributed by atoms with E-state index in [0.29, 0.717) is 10.8 Å². The van der Waals surface area contributed by atoms with Crippen LogP contribution in [-0.4, -0.2) is 38.2 Å². The Balaban J connectivity index is 1.50. The molecule has 136 valence electrons. The lowest BCUT2D eigenvalue weighted by molar-refractivity contribution is -0.384. The van der Waals surface area contributed by atoms with E-state index < -0.39 is 4.92 Å². The van der Waals surface area contributed by atoms with Crippen LogP contribution in [-0.2, 0) is 4.79 Å². The topological polar surface area (TPSA) is 93.6 Å². The van der Waals surface area contributed by atoms with Crippen molar-refractivity contribution >= 4 is 55.6 Å². The molecule has 0 fully saturated rings. The van der Waals surface area contributed by atoms with Crippen molar-refractivity contribution in [3.05, 3.63) is 58.6 Å². The SMILES string of the molecule is CN(C(=O)CSc1nnc2sc3ccccc3n12)c1ccc([N+](=O)[O-])cc1. The van der Waals surface area contributed by atoms with E-state index in [-0.39, 0.29) is 17.3 Å². The highest BCUT2D eigenvalue weighted by molar-refractivity contribution is 7.99. The summed E-state index contributed by atoms with van der Waals surface area (Å²) >= 11 is 2.86. The number of benzene rings is 2. The number of fused-ring (bicyclic) bond motifs is 3. The Bertz CT molecular complexity index is 1150. The fourth-order valence-corrected chi connectivity index (χ4v) is 4.50. The zero-order valence-electron chi connectivity index (χ0n) is 14.1. The lowest BCUT2D eigenvalue weighted by Gasteiger charge is -2.16. The molecule has 10 heteroatoms. The van der Waals surface area contributed by atoms with Gasteiger partial charge in [0.15, 0.2) is 5.16 Å². The highest BCUT2D eigenvalue weighted by Gasteiger charge is 2.17. The summed E-state index contributed by atoms with van der Waals surface area (Å²) in [5.74, 6) is 0.0449. The first-order valence-electron chi connectivity index (χ1n) is 7.91. The fraction of sp³-hybridized carbons (Fsp3) is 0.118. The number of thioether (sulfide) groups is 1. The molecule has 0 unspecified atom stereocenters. The first-order chi connectivity index (χ1) is 13.0. The van der Waals surface area contributed by atoms with Crippen LogP contribution in [0, 0.1) is 10.1 Å². The number of anilines is 1. The Hall–Kier alpha value is -2.98. The molecule has 0 saturated heterocycles. The molecule has 2 heterocycles. The Morgan fingerprint density at radius 3 is 2.70 bits per heavy atom. The molecule has 8 nitrogen and oxygen atoms in total. The number of nitro groups is 1. The smallest absolute Gasteiger partial charge is 0.269 e. The molecule has 0 radical (unpaired) electrons. The van der Waals surface area contributed by atoms with Gasteiger partial charge in [-0.1, -0.05) is 35.2 Å². The molecule has 27 heavy (non-hydrogen) atoms. The largest absolute Gasteiger partial charge is 0.315 e. The number of non-ortho nitro benzene ring substituents is 1. The van der Waals surface area contributed by atoms with Gasteiger partial charge in [0.25, 0.3) is 5.69 Å². The van der Waals surface area contributed by atoms with Gasteiger partial charge in [0, 0.05) is 24.9 Å². The summed E-state index contributed by atoms with van der Waals surface area (Å²) in [5.41, 5.74) is 1.60. The molecule has 0 aliphatic rings. The number of nitrogens with zero attached hydrogens (tertiary/aromatic N) is 5. The van der Waals surface area contributed by atoms with Gasteiger partial charge in [0.2, 0.25) is 10.9 Å². The lowest BCUT2D eigenvalue weighted by atomic mass is 10.2. The monoisotopic (exact) mass is 399 g/mol. The van der Waals surface area contributed by atoms with Gasteiger partial charge in [0.1, 0.15) is 0 Å². The number of para-hydroxylation sites is 1. The van der Waals surface area contributed by atoms with E-state index in [0.717, 1.165) is 15.2 Å². The average molecular weight is 399 g/mol. The third-order valence-corrected chi connectivity index (χ3v) is 5.98. The van der Waals surface area contributed by atoms with Crippen molar-refractivity contribution in [1.82, 2.24) is 14.6 Å². The summed E-state index contributed by atoms with van der Waals surface area (Å²) in [6.45, 7) is 0. The van der Waals surface area contributed by atoms with E-state index in [1.807, 2.05) is 28.7 Å². The molecule has 0 saturated carbocycles. The quantitative estimate of drug-likeness (QED) is 0.289. The first kappa shape index (κ1) is 17.4. The van der Waals surface area contributed by atoms with E-state index in [2.05, 4.69) is 10.2 Å². The number of rotatable bonds is 5. The van der Waals surface area contributed by atoms with Crippen molar-refractivity contribution in [2.75, 3.05) is 17.7 Å². The second-order valence-corrected chi connectivity index (χ2v) is 7.64. The molecule has 0 N–H and O–H groups in total. The average Bonchev–Trinajstić information content (AvgIpc) is 3.25. The summed E-state index contributed by atoms with van der Waals surface area (Å²) in [4.78, 5) is 25.0. The van der Waals surface area contributed by atoms with Gasteiger partial charge in [-0.3, -0.25) is 19.3 Å². The Labute approximate surface area is 161 Å². The maximum atomic E-state index is 12.5. The molecule has 2 aromatic carbocycles. The standard InChI is InChI=1S/C17H13N5O3S2/c1-20(11-6-8-12(9-7-11)22(24)25)15(23)10-26-16-18-19-17-21(16)13-4-2-3-5-14(13)27-17/h2-9H,10H2,1H3. The Morgan fingerprint density at radius 2 is 1.96 bits per heavy atom. The third kappa shape index (κ3) is 3.24.